The lowest BCUT2D eigenvalue weighted by atomic mass is 10.1. The molecule has 0 aliphatic heterocycles. The standard InChI is InChI=1S/C22H24N2O4S/c1-2-23-22(27)24-21(26)20(16-7-4-3-5-8-16)28-19(25)14-29-18-12-11-15-9-6-10-17(15)13-18/h3-5,7-8,11-13,20H,2,6,9-10,14H2,1H3,(H2,23,24,26,27)/t20-/m0/s1. The highest BCUT2D eigenvalue weighted by Crippen LogP contribution is 2.28. The molecule has 6 nitrogen and oxygen atoms in total. The van der Waals surface area contributed by atoms with E-state index in [1.165, 1.54) is 29.3 Å². The molecule has 1 atom stereocenters. The van der Waals surface area contributed by atoms with E-state index in [0.717, 1.165) is 17.7 Å². The second-order valence-corrected chi connectivity index (χ2v) is 7.75. The van der Waals surface area contributed by atoms with Crippen LogP contribution in [0.4, 0.5) is 4.79 Å². The number of fused-ring (bicyclic) bond motifs is 1. The summed E-state index contributed by atoms with van der Waals surface area (Å²) in [6, 6.07) is 14.3. The molecule has 0 heterocycles. The first-order valence-corrected chi connectivity index (χ1v) is 10.6. The molecule has 2 N–H and O–H groups in total. The molecule has 0 aromatic heterocycles. The Balaban J connectivity index is 1.63. The van der Waals surface area contributed by atoms with Crippen molar-refractivity contribution < 1.29 is 19.1 Å². The summed E-state index contributed by atoms with van der Waals surface area (Å²) in [6.07, 6.45) is 2.17. The zero-order valence-corrected chi connectivity index (χ0v) is 17.1. The second-order valence-electron chi connectivity index (χ2n) is 6.70. The molecule has 29 heavy (non-hydrogen) atoms. The summed E-state index contributed by atoms with van der Waals surface area (Å²) in [7, 11) is 0. The fraction of sp³-hybridized carbons (Fsp3) is 0.318. The molecule has 0 unspecified atom stereocenters. The van der Waals surface area contributed by atoms with E-state index >= 15 is 0 Å². The number of carbonyl (C=O) groups is 3. The molecule has 0 radical (unpaired) electrons. The van der Waals surface area contributed by atoms with Crippen LogP contribution in [0.3, 0.4) is 0 Å². The first-order valence-electron chi connectivity index (χ1n) is 9.64. The van der Waals surface area contributed by atoms with Crippen LogP contribution in [-0.2, 0) is 27.2 Å². The predicted octanol–water partition coefficient (Wildman–Crippen LogP) is 3.40. The van der Waals surface area contributed by atoms with Crippen molar-refractivity contribution in [3.05, 3.63) is 65.2 Å². The molecule has 7 heteroatoms. The minimum Gasteiger partial charge on any atom is -0.447 e. The van der Waals surface area contributed by atoms with Gasteiger partial charge in [-0.25, -0.2) is 4.79 Å². The van der Waals surface area contributed by atoms with Gasteiger partial charge in [-0.15, -0.1) is 11.8 Å². The Morgan fingerprint density at radius 2 is 1.83 bits per heavy atom. The molecule has 1 aliphatic carbocycles. The lowest BCUT2D eigenvalue weighted by Crippen LogP contribution is -2.42. The molecule has 0 saturated carbocycles. The van der Waals surface area contributed by atoms with E-state index in [9.17, 15) is 14.4 Å². The number of esters is 1. The van der Waals surface area contributed by atoms with E-state index in [0.29, 0.717) is 12.1 Å². The molecule has 1 aliphatic rings. The number of hydrogen-bond donors (Lipinski definition) is 2. The third kappa shape index (κ3) is 5.84. The molecule has 152 valence electrons. The van der Waals surface area contributed by atoms with E-state index in [1.807, 2.05) is 6.07 Å². The quantitative estimate of drug-likeness (QED) is 0.538. The summed E-state index contributed by atoms with van der Waals surface area (Å²) < 4.78 is 5.44. The van der Waals surface area contributed by atoms with Gasteiger partial charge in [0.1, 0.15) is 0 Å². The summed E-state index contributed by atoms with van der Waals surface area (Å²) in [4.78, 5) is 37.6. The van der Waals surface area contributed by atoms with Crippen molar-refractivity contribution in [2.75, 3.05) is 12.3 Å². The number of amides is 3. The van der Waals surface area contributed by atoms with E-state index in [2.05, 4.69) is 22.8 Å². The topological polar surface area (TPSA) is 84.5 Å². The Labute approximate surface area is 174 Å². The smallest absolute Gasteiger partial charge is 0.321 e. The van der Waals surface area contributed by atoms with E-state index in [4.69, 9.17) is 4.74 Å². The minimum atomic E-state index is -1.19. The van der Waals surface area contributed by atoms with Gasteiger partial charge in [0.25, 0.3) is 5.91 Å². The van der Waals surface area contributed by atoms with Gasteiger partial charge in [0.15, 0.2) is 0 Å². The van der Waals surface area contributed by atoms with Crippen LogP contribution in [-0.4, -0.2) is 30.2 Å². The van der Waals surface area contributed by atoms with Crippen LogP contribution >= 0.6 is 11.8 Å². The average Bonchev–Trinajstić information content (AvgIpc) is 3.19. The second kappa shape index (κ2) is 10.1. The van der Waals surface area contributed by atoms with Crippen LogP contribution in [0.1, 0.15) is 36.1 Å². The molecule has 2 aromatic rings. The SMILES string of the molecule is CCNC(=O)NC(=O)[C@@H](OC(=O)CSc1ccc2c(c1)CCC2)c1ccccc1. The largest absolute Gasteiger partial charge is 0.447 e. The van der Waals surface area contributed by atoms with Crippen molar-refractivity contribution in [1.29, 1.82) is 0 Å². The third-order valence-corrected chi connectivity index (χ3v) is 5.56. The van der Waals surface area contributed by atoms with Gasteiger partial charge < -0.3 is 10.1 Å². The van der Waals surface area contributed by atoms with Gasteiger partial charge in [0.05, 0.1) is 5.75 Å². The van der Waals surface area contributed by atoms with Gasteiger partial charge in [-0.1, -0.05) is 36.4 Å². The first-order chi connectivity index (χ1) is 14.1. The van der Waals surface area contributed by atoms with Crippen LogP contribution in [0.2, 0.25) is 0 Å². The van der Waals surface area contributed by atoms with E-state index in [-0.39, 0.29) is 5.75 Å². The van der Waals surface area contributed by atoms with Gasteiger partial charge in [-0.2, -0.15) is 0 Å². The molecular formula is C22H24N2O4S. The Morgan fingerprint density at radius 1 is 1.07 bits per heavy atom. The summed E-state index contributed by atoms with van der Waals surface area (Å²) >= 11 is 1.38. The number of thioether (sulfide) groups is 1. The summed E-state index contributed by atoms with van der Waals surface area (Å²) in [6.45, 7) is 2.13. The van der Waals surface area contributed by atoms with Gasteiger partial charge in [-0.05, 0) is 49.4 Å². The number of benzene rings is 2. The first kappa shape index (κ1) is 20.9. The number of rotatable bonds is 7. The highest BCUT2D eigenvalue weighted by Gasteiger charge is 2.26. The van der Waals surface area contributed by atoms with Crippen molar-refractivity contribution in [2.45, 2.75) is 37.2 Å². The van der Waals surface area contributed by atoms with Gasteiger partial charge in [0, 0.05) is 17.0 Å². The van der Waals surface area contributed by atoms with Crippen LogP contribution in [0.25, 0.3) is 0 Å². The number of hydrogen-bond acceptors (Lipinski definition) is 5. The maximum Gasteiger partial charge on any atom is 0.321 e. The summed E-state index contributed by atoms with van der Waals surface area (Å²) in [5, 5.41) is 4.70. The normalized spacial score (nSPS) is 13.3. The van der Waals surface area contributed by atoms with Gasteiger partial charge in [0.2, 0.25) is 6.10 Å². The molecule has 0 fully saturated rings. The van der Waals surface area contributed by atoms with Crippen LogP contribution in [0.5, 0.6) is 0 Å². The summed E-state index contributed by atoms with van der Waals surface area (Å²) in [5.74, 6) is -1.12. The van der Waals surface area contributed by atoms with E-state index in [1.54, 1.807) is 37.3 Å². The molecule has 0 bridgehead atoms. The third-order valence-electron chi connectivity index (χ3n) is 4.59. The van der Waals surface area contributed by atoms with Crippen molar-refractivity contribution in [1.82, 2.24) is 10.6 Å². The zero-order chi connectivity index (χ0) is 20.6. The van der Waals surface area contributed by atoms with Crippen molar-refractivity contribution >= 4 is 29.7 Å². The van der Waals surface area contributed by atoms with Crippen LogP contribution in [0.15, 0.2) is 53.4 Å². The van der Waals surface area contributed by atoms with Gasteiger partial charge in [-0.3, -0.25) is 14.9 Å². The molecule has 3 amide bonds. The molecule has 0 saturated heterocycles. The van der Waals surface area contributed by atoms with Gasteiger partial charge >= 0.3 is 12.0 Å². The fourth-order valence-electron chi connectivity index (χ4n) is 3.23. The fourth-order valence-corrected chi connectivity index (χ4v) is 3.97. The maximum atomic E-state index is 12.5. The molecule has 3 rings (SSSR count). The lowest BCUT2D eigenvalue weighted by molar-refractivity contribution is -0.153. The highest BCUT2D eigenvalue weighted by molar-refractivity contribution is 8.00. The number of nitrogens with one attached hydrogen (secondary N) is 2. The van der Waals surface area contributed by atoms with Crippen molar-refractivity contribution in [3.8, 4) is 0 Å². The average molecular weight is 413 g/mol. The van der Waals surface area contributed by atoms with Crippen molar-refractivity contribution in [3.63, 3.8) is 0 Å². The summed E-state index contributed by atoms with van der Waals surface area (Å²) in [5.41, 5.74) is 3.22. The number of carbonyl (C=O) groups excluding carboxylic acids is 3. The van der Waals surface area contributed by atoms with E-state index < -0.39 is 24.0 Å². The maximum absolute atomic E-state index is 12.5. The van der Waals surface area contributed by atoms with Crippen LogP contribution < -0.4 is 10.6 Å². The number of urea groups is 1. The van der Waals surface area contributed by atoms with Crippen LogP contribution in [0, 0.1) is 0 Å². The number of aryl methyl sites for hydroxylation is 2. The van der Waals surface area contributed by atoms with Crippen molar-refractivity contribution in [2.24, 2.45) is 0 Å². The lowest BCUT2D eigenvalue weighted by Gasteiger charge is -2.17. The predicted molar refractivity (Wildman–Crippen MR) is 112 cm³/mol. The molecule has 0 spiro atoms. The number of ether oxygens (including phenoxy) is 1. The minimum absolute atomic E-state index is 0.0799. The number of imide groups is 1. The Hall–Kier alpha value is -2.80. The molecular weight excluding hydrogens is 388 g/mol. The monoisotopic (exact) mass is 412 g/mol. The Kier molecular flexibility index (Phi) is 7.30. The Morgan fingerprint density at radius 3 is 2.59 bits per heavy atom. The Bertz CT molecular complexity index is 886. The zero-order valence-electron chi connectivity index (χ0n) is 16.3. The highest BCUT2D eigenvalue weighted by atomic mass is 32.2. The molecule has 2 aromatic carbocycles.